The maximum absolute atomic E-state index is 11.9. The fourth-order valence-electron chi connectivity index (χ4n) is 3.01. The van der Waals surface area contributed by atoms with E-state index < -0.39 is 0 Å². The molecule has 2 fully saturated rings. The van der Waals surface area contributed by atoms with E-state index in [1.165, 1.54) is 12.8 Å². The lowest BCUT2D eigenvalue weighted by atomic mass is 9.94. The second-order valence-electron chi connectivity index (χ2n) is 6.36. The van der Waals surface area contributed by atoms with E-state index in [1.807, 2.05) is 25.7 Å². The quantitative estimate of drug-likeness (QED) is 0.634. The fourth-order valence-corrected chi connectivity index (χ4v) is 3.01. The molecule has 1 amide bonds. The number of likely N-dealkylation sites (tertiary alicyclic amines) is 1. The minimum Gasteiger partial charge on any atom is -0.444 e. The van der Waals surface area contributed by atoms with Crippen molar-refractivity contribution in [2.75, 3.05) is 13.1 Å². The van der Waals surface area contributed by atoms with E-state index in [0.29, 0.717) is 5.92 Å². The monoisotopic (exact) mass is 225 g/mol. The zero-order valence-corrected chi connectivity index (χ0v) is 10.8. The Hall–Kier alpha value is -0.730. The van der Waals surface area contributed by atoms with Gasteiger partial charge in [0.15, 0.2) is 0 Å². The molecule has 1 heterocycles. The molecule has 0 unspecified atom stereocenters. The first kappa shape index (κ1) is 11.7. The van der Waals surface area contributed by atoms with Crippen LogP contribution in [0.2, 0.25) is 0 Å². The molecule has 1 aliphatic carbocycles. The SMILES string of the molecule is C[C@@H]1CC[C@@H]2CN(C(=O)OC(C)(C)C)C[C@@H]21. The van der Waals surface area contributed by atoms with E-state index >= 15 is 0 Å². The first-order valence-corrected chi connectivity index (χ1v) is 6.35. The number of nitrogens with zero attached hydrogens (tertiary/aromatic N) is 1. The van der Waals surface area contributed by atoms with Crippen LogP contribution in [0.5, 0.6) is 0 Å². The van der Waals surface area contributed by atoms with Gasteiger partial charge in [-0.2, -0.15) is 0 Å². The molecule has 1 aliphatic heterocycles. The van der Waals surface area contributed by atoms with Gasteiger partial charge in [-0.25, -0.2) is 4.79 Å². The third kappa shape index (κ3) is 2.33. The summed E-state index contributed by atoms with van der Waals surface area (Å²) in [5.74, 6) is 2.22. The summed E-state index contributed by atoms with van der Waals surface area (Å²) in [6.45, 7) is 9.88. The summed E-state index contributed by atoms with van der Waals surface area (Å²) < 4.78 is 5.41. The zero-order chi connectivity index (χ0) is 11.9. The molecule has 0 bridgehead atoms. The number of hydrogen-bond donors (Lipinski definition) is 0. The van der Waals surface area contributed by atoms with Crippen molar-refractivity contribution >= 4 is 6.09 Å². The van der Waals surface area contributed by atoms with E-state index in [9.17, 15) is 4.79 Å². The minimum atomic E-state index is -0.375. The first-order chi connectivity index (χ1) is 7.37. The van der Waals surface area contributed by atoms with Gasteiger partial charge in [-0.15, -0.1) is 0 Å². The predicted octanol–water partition coefficient (Wildman–Crippen LogP) is 2.90. The molecule has 1 saturated heterocycles. The third-order valence-electron chi connectivity index (χ3n) is 3.87. The summed E-state index contributed by atoms with van der Waals surface area (Å²) >= 11 is 0. The van der Waals surface area contributed by atoms with E-state index in [4.69, 9.17) is 4.74 Å². The smallest absolute Gasteiger partial charge is 0.410 e. The number of ether oxygens (including phenoxy) is 1. The Morgan fingerprint density at radius 3 is 2.50 bits per heavy atom. The van der Waals surface area contributed by atoms with Gasteiger partial charge in [-0.3, -0.25) is 0 Å². The Balaban J connectivity index is 1.92. The molecular formula is C13H23NO2. The molecule has 0 N–H and O–H groups in total. The van der Waals surface area contributed by atoms with Gasteiger partial charge in [0.25, 0.3) is 0 Å². The van der Waals surface area contributed by atoms with Crippen LogP contribution < -0.4 is 0 Å². The Kier molecular flexibility index (Phi) is 2.89. The van der Waals surface area contributed by atoms with E-state index in [0.717, 1.165) is 24.9 Å². The highest BCUT2D eigenvalue weighted by Gasteiger charge is 2.42. The molecule has 1 saturated carbocycles. The summed E-state index contributed by atoms with van der Waals surface area (Å²) in [4.78, 5) is 13.8. The van der Waals surface area contributed by atoms with Crippen molar-refractivity contribution in [1.29, 1.82) is 0 Å². The molecule has 0 radical (unpaired) electrons. The average molecular weight is 225 g/mol. The van der Waals surface area contributed by atoms with Gasteiger partial charge >= 0.3 is 6.09 Å². The molecule has 0 spiro atoms. The number of rotatable bonds is 0. The van der Waals surface area contributed by atoms with Crippen LogP contribution in [0, 0.1) is 17.8 Å². The number of carbonyl (C=O) groups excluding carboxylic acids is 1. The highest BCUT2D eigenvalue weighted by atomic mass is 16.6. The molecule has 2 rings (SSSR count). The van der Waals surface area contributed by atoms with Crippen LogP contribution in [0.1, 0.15) is 40.5 Å². The third-order valence-corrected chi connectivity index (χ3v) is 3.87. The maximum Gasteiger partial charge on any atom is 0.410 e. The average Bonchev–Trinajstić information content (AvgIpc) is 2.65. The van der Waals surface area contributed by atoms with Crippen LogP contribution in [0.15, 0.2) is 0 Å². The van der Waals surface area contributed by atoms with Crippen LogP contribution in [0.25, 0.3) is 0 Å². The summed E-state index contributed by atoms with van der Waals surface area (Å²) in [5, 5.41) is 0. The summed E-state index contributed by atoms with van der Waals surface area (Å²) in [7, 11) is 0. The predicted molar refractivity (Wildman–Crippen MR) is 63.2 cm³/mol. The lowest BCUT2D eigenvalue weighted by Gasteiger charge is -2.25. The highest BCUT2D eigenvalue weighted by molar-refractivity contribution is 5.68. The number of carbonyl (C=O) groups is 1. The standard InChI is InChI=1S/C13H23NO2/c1-9-5-6-10-7-14(8-11(9)10)12(15)16-13(2,3)4/h9-11H,5-8H2,1-4H3/t9-,10-,11-/m1/s1. The maximum atomic E-state index is 11.9. The molecule has 3 nitrogen and oxygen atoms in total. The molecular weight excluding hydrogens is 202 g/mol. The molecule has 92 valence electrons. The van der Waals surface area contributed by atoms with Gasteiger partial charge in [0.2, 0.25) is 0 Å². The Morgan fingerprint density at radius 2 is 1.94 bits per heavy atom. The Labute approximate surface area is 98.1 Å². The lowest BCUT2D eigenvalue weighted by Crippen LogP contribution is -2.36. The van der Waals surface area contributed by atoms with Crippen molar-refractivity contribution in [3.63, 3.8) is 0 Å². The van der Waals surface area contributed by atoms with Crippen molar-refractivity contribution in [1.82, 2.24) is 4.90 Å². The number of fused-ring (bicyclic) bond motifs is 1. The molecule has 2 aliphatic rings. The summed E-state index contributed by atoms with van der Waals surface area (Å²) in [6.07, 6.45) is 2.48. The molecule has 0 aromatic heterocycles. The molecule has 16 heavy (non-hydrogen) atoms. The van der Waals surface area contributed by atoms with E-state index in [-0.39, 0.29) is 11.7 Å². The van der Waals surface area contributed by atoms with Crippen LogP contribution >= 0.6 is 0 Å². The topological polar surface area (TPSA) is 29.5 Å². The van der Waals surface area contributed by atoms with Gasteiger partial charge < -0.3 is 9.64 Å². The molecule has 3 heteroatoms. The van der Waals surface area contributed by atoms with Gasteiger partial charge in [-0.05, 0) is 44.9 Å². The minimum absolute atomic E-state index is 0.130. The van der Waals surface area contributed by atoms with Crippen LogP contribution in [0.3, 0.4) is 0 Å². The largest absolute Gasteiger partial charge is 0.444 e. The highest BCUT2D eigenvalue weighted by Crippen LogP contribution is 2.42. The van der Waals surface area contributed by atoms with Crippen LogP contribution in [-0.4, -0.2) is 29.7 Å². The second-order valence-corrected chi connectivity index (χ2v) is 6.36. The van der Waals surface area contributed by atoms with Crippen molar-refractivity contribution in [2.45, 2.75) is 46.1 Å². The normalized spacial score (nSPS) is 34.0. The van der Waals surface area contributed by atoms with Crippen molar-refractivity contribution in [3.8, 4) is 0 Å². The zero-order valence-electron chi connectivity index (χ0n) is 10.8. The summed E-state index contributed by atoms with van der Waals surface area (Å²) in [5.41, 5.74) is -0.375. The Bertz CT molecular complexity index is 282. The van der Waals surface area contributed by atoms with Crippen LogP contribution in [-0.2, 0) is 4.74 Å². The molecule has 3 atom stereocenters. The summed E-state index contributed by atoms with van der Waals surface area (Å²) in [6, 6.07) is 0. The van der Waals surface area contributed by atoms with Gasteiger partial charge in [0.05, 0.1) is 0 Å². The van der Waals surface area contributed by atoms with Gasteiger partial charge in [-0.1, -0.05) is 13.3 Å². The number of hydrogen-bond acceptors (Lipinski definition) is 2. The first-order valence-electron chi connectivity index (χ1n) is 6.35. The van der Waals surface area contributed by atoms with Crippen LogP contribution in [0.4, 0.5) is 4.79 Å². The van der Waals surface area contributed by atoms with Crippen molar-refractivity contribution in [3.05, 3.63) is 0 Å². The number of amides is 1. The Morgan fingerprint density at radius 1 is 1.25 bits per heavy atom. The second kappa shape index (κ2) is 3.94. The molecule has 0 aromatic carbocycles. The van der Waals surface area contributed by atoms with E-state index in [2.05, 4.69) is 6.92 Å². The van der Waals surface area contributed by atoms with Crippen molar-refractivity contribution in [2.24, 2.45) is 17.8 Å². The molecule has 0 aromatic rings. The van der Waals surface area contributed by atoms with Gasteiger partial charge in [0.1, 0.15) is 5.60 Å². The lowest BCUT2D eigenvalue weighted by molar-refractivity contribution is 0.0277. The van der Waals surface area contributed by atoms with E-state index in [1.54, 1.807) is 0 Å². The fraction of sp³-hybridized carbons (Fsp3) is 0.923. The van der Waals surface area contributed by atoms with Gasteiger partial charge in [0, 0.05) is 13.1 Å². The van der Waals surface area contributed by atoms with Crippen molar-refractivity contribution < 1.29 is 9.53 Å².